The number of nitrogens with one attached hydrogen (secondary N) is 1. The van der Waals surface area contributed by atoms with Crippen molar-refractivity contribution >= 4 is 5.91 Å². The zero-order valence-electron chi connectivity index (χ0n) is 7.73. The zero-order chi connectivity index (χ0) is 11.2. The molecule has 0 fully saturated rings. The van der Waals surface area contributed by atoms with E-state index in [1.165, 1.54) is 0 Å². The lowest BCUT2D eigenvalue weighted by Crippen LogP contribution is -2.40. The van der Waals surface area contributed by atoms with E-state index < -0.39 is 25.3 Å². The molecule has 0 aliphatic carbocycles. The first-order valence-electron chi connectivity index (χ1n) is 3.99. The molecule has 14 heavy (non-hydrogen) atoms. The Morgan fingerprint density at radius 3 is 2.57 bits per heavy atom. The Hall–Kier alpha value is -0.820. The Bertz CT molecular complexity index is 184. The monoisotopic (exact) mass is 214 g/mol. The minimum atomic E-state index is -4.40. The third-order valence-corrected chi connectivity index (χ3v) is 1.26. The van der Waals surface area contributed by atoms with Gasteiger partial charge in [0.1, 0.15) is 13.2 Å². The second-order valence-corrected chi connectivity index (χ2v) is 2.81. The number of halogens is 3. The van der Waals surface area contributed by atoms with Crippen molar-refractivity contribution in [2.45, 2.75) is 19.1 Å². The van der Waals surface area contributed by atoms with Crippen LogP contribution in [-0.2, 0) is 9.53 Å². The Labute approximate surface area is 79.6 Å². The summed E-state index contributed by atoms with van der Waals surface area (Å²) in [6.07, 6.45) is -4.40. The molecule has 0 saturated carbocycles. The second kappa shape index (κ2) is 5.82. The van der Waals surface area contributed by atoms with Gasteiger partial charge >= 0.3 is 6.18 Å². The fraction of sp³-hybridized carbons (Fsp3) is 0.857. The lowest BCUT2D eigenvalue weighted by atomic mass is 10.3. The van der Waals surface area contributed by atoms with Crippen molar-refractivity contribution in [3.8, 4) is 0 Å². The normalized spacial score (nSPS) is 13.8. The van der Waals surface area contributed by atoms with Gasteiger partial charge in [-0.1, -0.05) is 0 Å². The predicted octanol–water partition coefficient (Wildman–Crippen LogP) is 0.0287. The van der Waals surface area contributed by atoms with Crippen molar-refractivity contribution in [1.29, 1.82) is 0 Å². The van der Waals surface area contributed by atoms with E-state index in [4.69, 9.17) is 5.73 Å². The molecule has 0 heterocycles. The number of carbonyl (C=O) groups excluding carboxylic acids is 1. The third kappa shape index (κ3) is 7.81. The Morgan fingerprint density at radius 1 is 1.57 bits per heavy atom. The topological polar surface area (TPSA) is 64.3 Å². The molecule has 0 aromatic rings. The van der Waals surface area contributed by atoms with Gasteiger partial charge in [0.25, 0.3) is 0 Å². The summed E-state index contributed by atoms with van der Waals surface area (Å²) in [5.41, 5.74) is 5.18. The summed E-state index contributed by atoms with van der Waals surface area (Å²) in [6, 6.07) is -0.267. The van der Waals surface area contributed by atoms with Crippen molar-refractivity contribution in [2.24, 2.45) is 5.73 Å². The molecular weight excluding hydrogens is 201 g/mol. The third-order valence-electron chi connectivity index (χ3n) is 1.26. The second-order valence-electron chi connectivity index (χ2n) is 2.81. The molecule has 0 rings (SSSR count). The van der Waals surface area contributed by atoms with Gasteiger partial charge in [-0.15, -0.1) is 0 Å². The molecule has 7 heteroatoms. The summed E-state index contributed by atoms with van der Waals surface area (Å²) >= 11 is 0. The summed E-state index contributed by atoms with van der Waals surface area (Å²) < 4.78 is 38.8. The van der Waals surface area contributed by atoms with Crippen molar-refractivity contribution in [3.05, 3.63) is 0 Å². The number of carbonyl (C=O) groups is 1. The zero-order valence-corrected chi connectivity index (χ0v) is 7.73. The van der Waals surface area contributed by atoms with E-state index in [2.05, 4.69) is 10.1 Å². The standard InChI is InChI=1S/C7H13F3N2O2/c1-5(2-11)12-6(13)3-14-4-7(8,9)10/h5H,2-4,11H2,1H3,(H,12,13). The highest BCUT2D eigenvalue weighted by atomic mass is 19.4. The van der Waals surface area contributed by atoms with E-state index in [1.807, 2.05) is 0 Å². The van der Waals surface area contributed by atoms with E-state index in [0.29, 0.717) is 0 Å². The van der Waals surface area contributed by atoms with E-state index in [-0.39, 0.29) is 12.6 Å². The quantitative estimate of drug-likeness (QED) is 0.678. The fourth-order valence-electron chi connectivity index (χ4n) is 0.635. The van der Waals surface area contributed by atoms with Gasteiger partial charge in [-0.05, 0) is 6.92 Å². The lowest BCUT2D eigenvalue weighted by molar-refractivity contribution is -0.175. The maximum atomic E-state index is 11.6. The van der Waals surface area contributed by atoms with Crippen LogP contribution in [0.2, 0.25) is 0 Å². The SMILES string of the molecule is CC(CN)NC(=O)COCC(F)(F)F. The minimum absolute atomic E-state index is 0.227. The molecule has 3 N–H and O–H groups in total. The highest BCUT2D eigenvalue weighted by Gasteiger charge is 2.27. The van der Waals surface area contributed by atoms with Crippen LogP contribution in [0.15, 0.2) is 0 Å². The average Bonchev–Trinajstić information content (AvgIpc) is 2.01. The van der Waals surface area contributed by atoms with Crippen LogP contribution < -0.4 is 11.1 Å². The largest absolute Gasteiger partial charge is 0.411 e. The molecule has 0 aliphatic heterocycles. The van der Waals surface area contributed by atoms with Gasteiger partial charge in [-0.3, -0.25) is 4.79 Å². The van der Waals surface area contributed by atoms with E-state index in [0.717, 1.165) is 0 Å². The maximum Gasteiger partial charge on any atom is 0.411 e. The van der Waals surface area contributed by atoms with Crippen molar-refractivity contribution in [3.63, 3.8) is 0 Å². The van der Waals surface area contributed by atoms with Gasteiger partial charge in [0.2, 0.25) is 5.91 Å². The Morgan fingerprint density at radius 2 is 2.14 bits per heavy atom. The first-order chi connectivity index (χ1) is 6.35. The minimum Gasteiger partial charge on any atom is -0.362 e. The molecule has 0 radical (unpaired) electrons. The summed E-state index contributed by atoms with van der Waals surface area (Å²) in [4.78, 5) is 10.8. The average molecular weight is 214 g/mol. The number of hydrogen-bond acceptors (Lipinski definition) is 3. The first-order valence-corrected chi connectivity index (χ1v) is 3.99. The number of rotatable bonds is 5. The smallest absolute Gasteiger partial charge is 0.362 e. The van der Waals surface area contributed by atoms with Crippen LogP contribution in [0, 0.1) is 0 Å². The molecule has 0 aliphatic rings. The first kappa shape index (κ1) is 13.2. The molecule has 0 saturated heterocycles. The molecular formula is C7H13F3N2O2. The van der Waals surface area contributed by atoms with Crippen LogP contribution in [0.3, 0.4) is 0 Å². The van der Waals surface area contributed by atoms with Crippen LogP contribution >= 0.6 is 0 Å². The number of hydrogen-bond donors (Lipinski definition) is 2. The van der Waals surface area contributed by atoms with E-state index in [1.54, 1.807) is 6.92 Å². The van der Waals surface area contributed by atoms with Crippen molar-refractivity contribution in [1.82, 2.24) is 5.32 Å². The van der Waals surface area contributed by atoms with Crippen LogP contribution in [0.4, 0.5) is 13.2 Å². The number of alkyl halides is 3. The van der Waals surface area contributed by atoms with Gasteiger partial charge in [-0.25, -0.2) is 0 Å². The molecule has 0 aromatic carbocycles. The lowest BCUT2D eigenvalue weighted by Gasteiger charge is -2.11. The molecule has 84 valence electrons. The van der Waals surface area contributed by atoms with Crippen LogP contribution in [0.5, 0.6) is 0 Å². The molecule has 4 nitrogen and oxygen atoms in total. The fourth-order valence-corrected chi connectivity index (χ4v) is 0.635. The molecule has 0 bridgehead atoms. The van der Waals surface area contributed by atoms with Crippen molar-refractivity contribution < 1.29 is 22.7 Å². The summed E-state index contributed by atoms with van der Waals surface area (Å²) in [7, 11) is 0. The van der Waals surface area contributed by atoms with E-state index >= 15 is 0 Å². The highest BCUT2D eigenvalue weighted by molar-refractivity contribution is 5.77. The van der Waals surface area contributed by atoms with Crippen LogP contribution in [0.25, 0.3) is 0 Å². The Kier molecular flexibility index (Phi) is 5.47. The Balaban J connectivity index is 3.55. The van der Waals surface area contributed by atoms with E-state index in [9.17, 15) is 18.0 Å². The molecule has 1 unspecified atom stereocenters. The van der Waals surface area contributed by atoms with Crippen molar-refractivity contribution in [2.75, 3.05) is 19.8 Å². The maximum absolute atomic E-state index is 11.6. The summed E-state index contributed by atoms with van der Waals surface area (Å²) in [6.45, 7) is -0.159. The van der Waals surface area contributed by atoms with Gasteiger partial charge in [-0.2, -0.15) is 13.2 Å². The van der Waals surface area contributed by atoms with Gasteiger partial charge in [0.05, 0.1) is 0 Å². The van der Waals surface area contributed by atoms with Gasteiger partial charge < -0.3 is 15.8 Å². The highest BCUT2D eigenvalue weighted by Crippen LogP contribution is 2.13. The number of amides is 1. The molecule has 1 amide bonds. The van der Waals surface area contributed by atoms with Gasteiger partial charge in [0.15, 0.2) is 0 Å². The molecule has 0 spiro atoms. The van der Waals surface area contributed by atoms with Crippen LogP contribution in [-0.4, -0.2) is 37.9 Å². The number of ether oxygens (including phenoxy) is 1. The molecule has 1 atom stereocenters. The van der Waals surface area contributed by atoms with Crippen LogP contribution in [0.1, 0.15) is 6.92 Å². The summed E-state index contributed by atoms with van der Waals surface area (Å²) in [5, 5.41) is 2.36. The predicted molar refractivity (Wildman–Crippen MR) is 43.5 cm³/mol. The molecule has 0 aromatic heterocycles. The number of nitrogens with two attached hydrogens (primary N) is 1. The van der Waals surface area contributed by atoms with Gasteiger partial charge in [0, 0.05) is 12.6 Å². The summed E-state index contributed by atoms with van der Waals surface area (Å²) in [5.74, 6) is -0.604.